The van der Waals surface area contributed by atoms with Crippen LogP contribution in [0.1, 0.15) is 25.5 Å². The Bertz CT molecular complexity index is 414. The van der Waals surface area contributed by atoms with E-state index in [1.165, 1.54) is 12.5 Å². The normalized spacial score (nSPS) is 18.3. The third-order valence-corrected chi connectivity index (χ3v) is 3.30. The molecule has 1 atom stereocenters. The number of hydrogen-bond donors (Lipinski definition) is 1. The second kappa shape index (κ2) is 5.98. The predicted molar refractivity (Wildman–Crippen MR) is 70.6 cm³/mol. The summed E-state index contributed by atoms with van der Waals surface area (Å²) in [5.41, 5.74) is 1.19. The maximum absolute atomic E-state index is 11.0. The summed E-state index contributed by atoms with van der Waals surface area (Å²) < 4.78 is 5.12. The zero-order chi connectivity index (χ0) is 13.0. The van der Waals surface area contributed by atoms with E-state index in [0.717, 1.165) is 26.2 Å². The molecule has 0 unspecified atom stereocenters. The summed E-state index contributed by atoms with van der Waals surface area (Å²) in [6.07, 6.45) is 0. The van der Waals surface area contributed by atoms with Crippen LogP contribution >= 0.6 is 0 Å². The van der Waals surface area contributed by atoms with E-state index in [4.69, 9.17) is 4.74 Å². The van der Waals surface area contributed by atoms with E-state index in [1.54, 1.807) is 0 Å². The SMILES string of the molecule is CC(=O)Oc1cccc([C@@H](C)N2CCNCC2)c1. The minimum Gasteiger partial charge on any atom is -0.427 e. The Morgan fingerprint density at radius 2 is 2.11 bits per heavy atom. The van der Waals surface area contributed by atoms with Crippen LogP contribution in [-0.4, -0.2) is 37.0 Å². The standard InChI is InChI=1S/C14H20N2O2/c1-11(16-8-6-15-7-9-16)13-4-3-5-14(10-13)18-12(2)17/h3-5,10-11,15H,6-9H2,1-2H3/t11-/m1/s1. The summed E-state index contributed by atoms with van der Waals surface area (Å²) in [5, 5.41) is 3.35. The van der Waals surface area contributed by atoms with Gasteiger partial charge in [0, 0.05) is 39.1 Å². The molecule has 0 aliphatic carbocycles. The van der Waals surface area contributed by atoms with Crippen molar-refractivity contribution in [3.63, 3.8) is 0 Å². The largest absolute Gasteiger partial charge is 0.427 e. The monoisotopic (exact) mass is 248 g/mol. The Hall–Kier alpha value is -1.39. The molecule has 0 spiro atoms. The fraction of sp³-hybridized carbons (Fsp3) is 0.500. The molecule has 0 aromatic heterocycles. The van der Waals surface area contributed by atoms with Gasteiger partial charge in [0.25, 0.3) is 0 Å². The molecule has 1 saturated heterocycles. The highest BCUT2D eigenvalue weighted by Crippen LogP contribution is 2.24. The smallest absolute Gasteiger partial charge is 0.308 e. The van der Waals surface area contributed by atoms with Crippen molar-refractivity contribution in [2.24, 2.45) is 0 Å². The van der Waals surface area contributed by atoms with Gasteiger partial charge in [0.15, 0.2) is 0 Å². The molecule has 1 N–H and O–H groups in total. The van der Waals surface area contributed by atoms with Gasteiger partial charge in [0.1, 0.15) is 5.75 Å². The van der Waals surface area contributed by atoms with Crippen LogP contribution in [0.4, 0.5) is 0 Å². The highest BCUT2D eigenvalue weighted by molar-refractivity contribution is 5.69. The van der Waals surface area contributed by atoms with Gasteiger partial charge in [-0.25, -0.2) is 0 Å². The molecule has 1 aromatic carbocycles. The molecule has 1 heterocycles. The topological polar surface area (TPSA) is 41.6 Å². The van der Waals surface area contributed by atoms with Crippen molar-refractivity contribution in [2.75, 3.05) is 26.2 Å². The number of hydrogen-bond acceptors (Lipinski definition) is 4. The van der Waals surface area contributed by atoms with Gasteiger partial charge >= 0.3 is 5.97 Å². The quantitative estimate of drug-likeness (QED) is 0.651. The highest BCUT2D eigenvalue weighted by Gasteiger charge is 2.18. The molecule has 1 aliphatic heterocycles. The zero-order valence-corrected chi connectivity index (χ0v) is 11.0. The maximum Gasteiger partial charge on any atom is 0.308 e. The van der Waals surface area contributed by atoms with Crippen molar-refractivity contribution in [3.05, 3.63) is 29.8 Å². The minimum absolute atomic E-state index is 0.276. The lowest BCUT2D eigenvalue weighted by Gasteiger charge is -2.33. The number of piperazine rings is 1. The van der Waals surface area contributed by atoms with Crippen molar-refractivity contribution in [3.8, 4) is 5.75 Å². The van der Waals surface area contributed by atoms with Gasteiger partial charge in [-0.3, -0.25) is 9.69 Å². The van der Waals surface area contributed by atoms with Crippen LogP contribution in [0.3, 0.4) is 0 Å². The van der Waals surface area contributed by atoms with Gasteiger partial charge in [-0.1, -0.05) is 12.1 Å². The number of ether oxygens (including phenoxy) is 1. The summed E-state index contributed by atoms with van der Waals surface area (Å²) in [5.74, 6) is 0.351. The number of nitrogens with zero attached hydrogens (tertiary/aromatic N) is 1. The molecule has 0 bridgehead atoms. The Morgan fingerprint density at radius 3 is 2.78 bits per heavy atom. The van der Waals surface area contributed by atoms with Crippen LogP contribution in [0.25, 0.3) is 0 Å². The molecule has 1 aliphatic rings. The number of carbonyl (C=O) groups excluding carboxylic acids is 1. The van der Waals surface area contributed by atoms with Crippen LogP contribution in [-0.2, 0) is 4.79 Å². The van der Waals surface area contributed by atoms with Gasteiger partial charge in [-0.2, -0.15) is 0 Å². The Morgan fingerprint density at radius 1 is 1.39 bits per heavy atom. The molecule has 4 heteroatoms. The average molecular weight is 248 g/mol. The molecule has 1 aromatic rings. The van der Waals surface area contributed by atoms with E-state index >= 15 is 0 Å². The van der Waals surface area contributed by atoms with Crippen LogP contribution in [0.2, 0.25) is 0 Å². The molecule has 98 valence electrons. The molecule has 4 nitrogen and oxygen atoms in total. The van der Waals surface area contributed by atoms with Crippen molar-refractivity contribution in [1.82, 2.24) is 10.2 Å². The third-order valence-electron chi connectivity index (χ3n) is 3.30. The van der Waals surface area contributed by atoms with E-state index in [1.807, 2.05) is 18.2 Å². The second-order valence-electron chi connectivity index (χ2n) is 4.63. The minimum atomic E-state index is -0.276. The van der Waals surface area contributed by atoms with Gasteiger partial charge in [-0.15, -0.1) is 0 Å². The van der Waals surface area contributed by atoms with Gasteiger partial charge in [0.2, 0.25) is 0 Å². The molecule has 18 heavy (non-hydrogen) atoms. The summed E-state index contributed by atoms with van der Waals surface area (Å²) >= 11 is 0. The van der Waals surface area contributed by atoms with Gasteiger partial charge in [-0.05, 0) is 24.6 Å². The first-order valence-electron chi connectivity index (χ1n) is 6.40. The number of benzene rings is 1. The molecular formula is C14H20N2O2. The lowest BCUT2D eigenvalue weighted by atomic mass is 10.1. The van der Waals surface area contributed by atoms with Crippen molar-refractivity contribution >= 4 is 5.97 Å². The zero-order valence-electron chi connectivity index (χ0n) is 11.0. The number of carbonyl (C=O) groups is 1. The van der Waals surface area contributed by atoms with Crippen molar-refractivity contribution < 1.29 is 9.53 Å². The molecule has 0 amide bonds. The average Bonchev–Trinajstić information content (AvgIpc) is 2.38. The number of rotatable bonds is 3. The third kappa shape index (κ3) is 3.31. The predicted octanol–water partition coefficient (Wildman–Crippen LogP) is 1.58. The summed E-state index contributed by atoms with van der Waals surface area (Å²) in [6, 6.07) is 8.14. The van der Waals surface area contributed by atoms with Gasteiger partial charge < -0.3 is 10.1 Å². The first-order valence-corrected chi connectivity index (χ1v) is 6.40. The molecule has 1 fully saturated rings. The van der Waals surface area contributed by atoms with E-state index < -0.39 is 0 Å². The second-order valence-corrected chi connectivity index (χ2v) is 4.63. The van der Waals surface area contributed by atoms with E-state index in [2.05, 4.69) is 23.2 Å². The first kappa shape index (κ1) is 13.1. The highest BCUT2D eigenvalue weighted by atomic mass is 16.5. The Kier molecular flexibility index (Phi) is 4.33. The van der Waals surface area contributed by atoms with Gasteiger partial charge in [0.05, 0.1) is 0 Å². The van der Waals surface area contributed by atoms with Crippen molar-refractivity contribution in [1.29, 1.82) is 0 Å². The van der Waals surface area contributed by atoms with Crippen LogP contribution in [0, 0.1) is 0 Å². The molecule has 0 saturated carbocycles. The Labute approximate surface area is 108 Å². The molecule has 2 rings (SSSR count). The lowest BCUT2D eigenvalue weighted by Crippen LogP contribution is -2.44. The molecule has 0 radical (unpaired) electrons. The summed E-state index contributed by atoms with van der Waals surface area (Å²) in [6.45, 7) is 7.80. The Balaban J connectivity index is 2.09. The van der Waals surface area contributed by atoms with Crippen LogP contribution < -0.4 is 10.1 Å². The number of esters is 1. The molecular weight excluding hydrogens is 228 g/mol. The fourth-order valence-electron chi connectivity index (χ4n) is 2.28. The van der Waals surface area contributed by atoms with Crippen LogP contribution in [0.5, 0.6) is 5.75 Å². The summed E-state index contributed by atoms with van der Waals surface area (Å²) in [7, 11) is 0. The first-order chi connectivity index (χ1) is 8.66. The lowest BCUT2D eigenvalue weighted by molar-refractivity contribution is -0.131. The van der Waals surface area contributed by atoms with Crippen LogP contribution in [0.15, 0.2) is 24.3 Å². The fourth-order valence-corrected chi connectivity index (χ4v) is 2.28. The van der Waals surface area contributed by atoms with E-state index in [9.17, 15) is 4.79 Å². The number of nitrogens with one attached hydrogen (secondary N) is 1. The maximum atomic E-state index is 11.0. The van der Waals surface area contributed by atoms with E-state index in [0.29, 0.717) is 11.8 Å². The van der Waals surface area contributed by atoms with E-state index in [-0.39, 0.29) is 5.97 Å². The summed E-state index contributed by atoms with van der Waals surface area (Å²) in [4.78, 5) is 13.4. The van der Waals surface area contributed by atoms with Crippen molar-refractivity contribution in [2.45, 2.75) is 19.9 Å².